The molecule has 146 valence electrons. The number of hydrogen-bond donors (Lipinski definition) is 1. The van der Waals surface area contributed by atoms with Crippen LogP contribution in [0.3, 0.4) is 0 Å². The fourth-order valence-electron chi connectivity index (χ4n) is 3.61. The van der Waals surface area contributed by atoms with Crippen LogP contribution in [-0.2, 0) is 11.2 Å². The lowest BCUT2D eigenvalue weighted by Crippen LogP contribution is -2.49. The van der Waals surface area contributed by atoms with Crippen molar-refractivity contribution in [2.24, 2.45) is 0 Å². The summed E-state index contributed by atoms with van der Waals surface area (Å²) in [6.07, 6.45) is 0.444. The van der Waals surface area contributed by atoms with E-state index in [1.54, 1.807) is 18.4 Å². The highest BCUT2D eigenvalue weighted by molar-refractivity contribution is 7.10. The van der Waals surface area contributed by atoms with E-state index < -0.39 is 0 Å². The van der Waals surface area contributed by atoms with Crippen LogP contribution in [-0.4, -0.2) is 62.1 Å². The maximum Gasteiger partial charge on any atom is 0.225 e. The lowest BCUT2D eigenvalue weighted by Gasteiger charge is -2.39. The van der Waals surface area contributed by atoms with Gasteiger partial charge in [0, 0.05) is 43.2 Å². The van der Waals surface area contributed by atoms with Gasteiger partial charge in [-0.1, -0.05) is 31.2 Å². The Bertz CT molecular complexity index is 712. The molecule has 5 nitrogen and oxygen atoms in total. The Hall–Kier alpha value is -1.89. The number of methoxy groups -OCH3 is 1. The molecule has 2 heterocycles. The van der Waals surface area contributed by atoms with Crippen molar-refractivity contribution in [1.29, 1.82) is 0 Å². The largest absolute Gasteiger partial charge is 0.496 e. The fourth-order valence-corrected chi connectivity index (χ4v) is 4.32. The Morgan fingerprint density at radius 2 is 1.96 bits per heavy atom. The lowest BCUT2D eigenvalue weighted by atomic mass is 10.0. The maximum atomic E-state index is 12.4. The molecule has 1 aromatic heterocycles. The topological polar surface area (TPSA) is 44.8 Å². The van der Waals surface area contributed by atoms with E-state index in [-0.39, 0.29) is 11.9 Å². The van der Waals surface area contributed by atoms with Crippen molar-refractivity contribution in [2.45, 2.75) is 19.4 Å². The first kappa shape index (κ1) is 19.9. The third-order valence-corrected chi connectivity index (χ3v) is 6.08. The summed E-state index contributed by atoms with van der Waals surface area (Å²) in [4.78, 5) is 18.4. The summed E-state index contributed by atoms with van der Waals surface area (Å²) in [6.45, 7) is 8.00. The highest BCUT2D eigenvalue weighted by Crippen LogP contribution is 2.29. The molecule has 1 aromatic carbocycles. The molecule has 1 saturated heterocycles. The van der Waals surface area contributed by atoms with E-state index in [9.17, 15) is 4.79 Å². The van der Waals surface area contributed by atoms with E-state index in [0.717, 1.165) is 48.9 Å². The van der Waals surface area contributed by atoms with E-state index in [1.165, 1.54) is 0 Å². The van der Waals surface area contributed by atoms with Crippen molar-refractivity contribution >= 4 is 17.2 Å². The summed E-state index contributed by atoms with van der Waals surface area (Å²) < 4.78 is 5.60. The van der Waals surface area contributed by atoms with Gasteiger partial charge in [0.25, 0.3) is 0 Å². The molecule has 1 N–H and O–H groups in total. The number of rotatable bonds is 8. The molecule has 2 aromatic rings. The van der Waals surface area contributed by atoms with Crippen LogP contribution in [0.1, 0.15) is 23.4 Å². The smallest absolute Gasteiger partial charge is 0.225 e. The number of thiophene rings is 1. The SMILES string of the molecule is CCN1CCN(C(CNC(=O)Cc2cccs2)c2ccccc2OC)CC1. The highest BCUT2D eigenvalue weighted by Gasteiger charge is 2.27. The molecule has 0 radical (unpaired) electrons. The van der Waals surface area contributed by atoms with Gasteiger partial charge in [0.2, 0.25) is 5.91 Å². The van der Waals surface area contributed by atoms with E-state index in [0.29, 0.717) is 13.0 Å². The Balaban J connectivity index is 1.70. The number of likely N-dealkylation sites (N-methyl/N-ethyl adjacent to an activating group) is 1. The molecule has 6 heteroatoms. The number of amides is 1. The molecule has 1 unspecified atom stereocenters. The molecular formula is C21H29N3O2S. The average molecular weight is 388 g/mol. The quantitative estimate of drug-likeness (QED) is 0.757. The lowest BCUT2D eigenvalue weighted by molar-refractivity contribution is -0.120. The Labute approximate surface area is 165 Å². The van der Waals surface area contributed by atoms with Gasteiger partial charge in [-0.2, -0.15) is 0 Å². The predicted molar refractivity (Wildman–Crippen MR) is 110 cm³/mol. The number of carbonyl (C=O) groups excluding carboxylic acids is 1. The molecule has 0 saturated carbocycles. The monoisotopic (exact) mass is 387 g/mol. The van der Waals surface area contributed by atoms with Crippen molar-refractivity contribution in [2.75, 3.05) is 46.4 Å². The molecule has 0 bridgehead atoms. The van der Waals surface area contributed by atoms with Gasteiger partial charge < -0.3 is 15.0 Å². The number of nitrogens with one attached hydrogen (secondary N) is 1. The van der Waals surface area contributed by atoms with Gasteiger partial charge in [0.1, 0.15) is 5.75 Å². The third kappa shape index (κ3) is 5.31. The molecule has 1 amide bonds. The van der Waals surface area contributed by atoms with Crippen LogP contribution < -0.4 is 10.1 Å². The van der Waals surface area contributed by atoms with E-state index in [1.807, 2.05) is 35.7 Å². The van der Waals surface area contributed by atoms with Crippen molar-refractivity contribution in [3.05, 3.63) is 52.2 Å². The standard InChI is InChI=1S/C21H29N3O2S/c1-3-23-10-12-24(13-11-23)19(18-8-4-5-9-20(18)26-2)16-22-21(25)15-17-7-6-14-27-17/h4-9,14,19H,3,10-13,15-16H2,1-2H3,(H,22,25). The molecule has 27 heavy (non-hydrogen) atoms. The second kappa shape index (κ2) is 9.88. The van der Waals surface area contributed by atoms with Gasteiger partial charge in [-0.15, -0.1) is 11.3 Å². The Morgan fingerprint density at radius 1 is 1.19 bits per heavy atom. The van der Waals surface area contributed by atoms with E-state index in [4.69, 9.17) is 4.74 Å². The Morgan fingerprint density at radius 3 is 2.63 bits per heavy atom. The number of carbonyl (C=O) groups is 1. The van der Waals surface area contributed by atoms with Crippen molar-refractivity contribution < 1.29 is 9.53 Å². The van der Waals surface area contributed by atoms with Crippen molar-refractivity contribution in [1.82, 2.24) is 15.1 Å². The van der Waals surface area contributed by atoms with Crippen molar-refractivity contribution in [3.8, 4) is 5.75 Å². The first-order chi connectivity index (χ1) is 13.2. The minimum absolute atomic E-state index is 0.0737. The molecule has 3 rings (SSSR count). The average Bonchev–Trinajstić information content (AvgIpc) is 3.22. The summed E-state index contributed by atoms with van der Waals surface area (Å²) in [7, 11) is 1.71. The van der Waals surface area contributed by atoms with Gasteiger partial charge in [-0.3, -0.25) is 9.69 Å². The second-order valence-corrected chi connectivity index (χ2v) is 7.82. The van der Waals surface area contributed by atoms with Crippen LogP contribution in [0.5, 0.6) is 5.75 Å². The molecule has 1 atom stereocenters. The van der Waals surface area contributed by atoms with Crippen LogP contribution in [0, 0.1) is 0 Å². The molecular weight excluding hydrogens is 358 g/mol. The summed E-state index contributed by atoms with van der Waals surface area (Å²) in [5.74, 6) is 0.956. The van der Waals surface area contributed by atoms with Gasteiger partial charge in [0.05, 0.1) is 19.6 Å². The molecule has 0 spiro atoms. The Kier molecular flexibility index (Phi) is 7.26. The maximum absolute atomic E-state index is 12.4. The van der Waals surface area contributed by atoms with Crippen molar-refractivity contribution in [3.63, 3.8) is 0 Å². The molecule has 1 fully saturated rings. The minimum Gasteiger partial charge on any atom is -0.496 e. The first-order valence-electron chi connectivity index (χ1n) is 9.59. The minimum atomic E-state index is 0.0737. The van der Waals surface area contributed by atoms with Gasteiger partial charge in [-0.05, 0) is 24.1 Å². The zero-order chi connectivity index (χ0) is 19.1. The summed E-state index contributed by atoms with van der Waals surface area (Å²) in [5.41, 5.74) is 1.14. The number of para-hydroxylation sites is 1. The second-order valence-electron chi connectivity index (χ2n) is 6.79. The van der Waals surface area contributed by atoms with Crippen LogP contribution in [0.2, 0.25) is 0 Å². The number of piperazine rings is 1. The third-order valence-electron chi connectivity index (χ3n) is 5.20. The molecule has 1 aliphatic rings. The van der Waals surface area contributed by atoms with Crippen LogP contribution in [0.4, 0.5) is 0 Å². The summed E-state index contributed by atoms with van der Waals surface area (Å²) in [5, 5.41) is 5.16. The summed E-state index contributed by atoms with van der Waals surface area (Å²) >= 11 is 1.62. The van der Waals surface area contributed by atoms with E-state index >= 15 is 0 Å². The van der Waals surface area contributed by atoms with Gasteiger partial charge >= 0.3 is 0 Å². The first-order valence-corrected chi connectivity index (χ1v) is 10.5. The number of benzene rings is 1. The zero-order valence-corrected chi connectivity index (χ0v) is 17.0. The van der Waals surface area contributed by atoms with Crippen LogP contribution in [0.25, 0.3) is 0 Å². The summed E-state index contributed by atoms with van der Waals surface area (Å²) in [6, 6.07) is 12.3. The fraction of sp³-hybridized carbons (Fsp3) is 0.476. The molecule has 0 aliphatic carbocycles. The van der Waals surface area contributed by atoms with Gasteiger partial charge in [0.15, 0.2) is 0 Å². The van der Waals surface area contributed by atoms with Gasteiger partial charge in [-0.25, -0.2) is 0 Å². The number of ether oxygens (including phenoxy) is 1. The van der Waals surface area contributed by atoms with Crippen LogP contribution >= 0.6 is 11.3 Å². The van der Waals surface area contributed by atoms with Crippen LogP contribution in [0.15, 0.2) is 41.8 Å². The highest BCUT2D eigenvalue weighted by atomic mass is 32.1. The zero-order valence-electron chi connectivity index (χ0n) is 16.2. The number of nitrogens with zero attached hydrogens (tertiary/aromatic N) is 2. The predicted octanol–water partition coefficient (Wildman–Crippen LogP) is 2.79. The normalized spacial score (nSPS) is 16.8. The number of hydrogen-bond acceptors (Lipinski definition) is 5. The van der Waals surface area contributed by atoms with E-state index in [2.05, 4.69) is 28.1 Å². The molecule has 1 aliphatic heterocycles.